The molecule has 1 N–H and O–H groups in total. The molecule has 0 radical (unpaired) electrons. The van der Waals surface area contributed by atoms with E-state index in [9.17, 15) is 13.2 Å². The van der Waals surface area contributed by atoms with Crippen molar-refractivity contribution in [3.05, 3.63) is 54.6 Å². The van der Waals surface area contributed by atoms with E-state index in [1.165, 1.54) is 23.5 Å². The molecule has 7 heteroatoms. The summed E-state index contributed by atoms with van der Waals surface area (Å²) in [6, 6.07) is 14.9. The topological polar surface area (TPSA) is 75.7 Å². The number of hydrogen-bond acceptors (Lipinski definition) is 4. The number of nitrogens with one attached hydrogen (secondary N) is 1. The highest BCUT2D eigenvalue weighted by molar-refractivity contribution is 7.92. The van der Waals surface area contributed by atoms with E-state index >= 15 is 0 Å². The number of anilines is 1. The largest absolute Gasteiger partial charge is 0.476 e. The Bertz CT molecular complexity index is 821. The number of carbonyl (C=O) groups excluding carboxylic acids is 1. The molecule has 0 bridgehead atoms. The molecule has 1 atom stereocenters. The molecule has 2 aromatic rings. The predicted octanol–water partition coefficient (Wildman–Crippen LogP) is 1.39. The Morgan fingerprint density at radius 3 is 2.48 bits per heavy atom. The van der Waals surface area contributed by atoms with Crippen LogP contribution in [0.15, 0.2) is 59.5 Å². The summed E-state index contributed by atoms with van der Waals surface area (Å²) in [4.78, 5) is 12.1. The number of para-hydroxylation sites is 2. The first-order valence-corrected chi connectivity index (χ1v) is 8.53. The van der Waals surface area contributed by atoms with Crippen molar-refractivity contribution < 1.29 is 17.9 Å². The second-order valence-electron chi connectivity index (χ2n) is 5.04. The van der Waals surface area contributed by atoms with Gasteiger partial charge in [-0.05, 0) is 24.3 Å². The summed E-state index contributed by atoms with van der Waals surface area (Å²) < 4.78 is 32.7. The van der Waals surface area contributed by atoms with Gasteiger partial charge in [0.2, 0.25) is 0 Å². The number of amides is 1. The van der Waals surface area contributed by atoms with Crippen molar-refractivity contribution in [3.63, 3.8) is 0 Å². The maximum absolute atomic E-state index is 12.9. The van der Waals surface area contributed by atoms with Crippen LogP contribution < -0.4 is 14.4 Å². The molecular formula is C16H16N2O4S. The van der Waals surface area contributed by atoms with E-state index < -0.39 is 16.1 Å². The van der Waals surface area contributed by atoms with Crippen LogP contribution in [-0.2, 0) is 14.8 Å². The van der Waals surface area contributed by atoms with Crippen molar-refractivity contribution in [1.29, 1.82) is 0 Å². The van der Waals surface area contributed by atoms with Crippen LogP contribution in [0.4, 0.5) is 5.69 Å². The predicted molar refractivity (Wildman–Crippen MR) is 85.9 cm³/mol. The van der Waals surface area contributed by atoms with Gasteiger partial charge in [0.15, 0.2) is 6.10 Å². The lowest BCUT2D eigenvalue weighted by Crippen LogP contribution is -2.50. The van der Waals surface area contributed by atoms with Gasteiger partial charge >= 0.3 is 0 Å². The lowest BCUT2D eigenvalue weighted by molar-refractivity contribution is -0.127. The van der Waals surface area contributed by atoms with Gasteiger partial charge in [-0.1, -0.05) is 30.3 Å². The number of likely N-dealkylation sites (N-methyl/N-ethyl adjacent to an activating group) is 1. The van der Waals surface area contributed by atoms with Gasteiger partial charge in [-0.3, -0.25) is 9.10 Å². The standard InChI is InChI=1S/C16H16N2O4S/c1-17-16(19)15-11-18(13-9-5-6-10-14(13)22-15)23(20,21)12-7-3-2-4-8-12/h2-10,15H,11H2,1H3,(H,17,19)/t15-/m0/s1. The van der Waals surface area contributed by atoms with E-state index in [2.05, 4.69) is 5.32 Å². The quantitative estimate of drug-likeness (QED) is 0.921. The monoisotopic (exact) mass is 332 g/mol. The van der Waals surface area contributed by atoms with Crippen LogP contribution in [0.25, 0.3) is 0 Å². The number of ether oxygens (including phenoxy) is 1. The molecular weight excluding hydrogens is 316 g/mol. The van der Waals surface area contributed by atoms with Crippen LogP contribution in [0.3, 0.4) is 0 Å². The summed E-state index contributed by atoms with van der Waals surface area (Å²) >= 11 is 0. The molecule has 120 valence electrons. The minimum absolute atomic E-state index is 0.0755. The fourth-order valence-electron chi connectivity index (χ4n) is 2.45. The molecule has 0 spiro atoms. The smallest absolute Gasteiger partial charge is 0.264 e. The molecule has 1 heterocycles. The SMILES string of the molecule is CNC(=O)[C@@H]1CN(S(=O)(=O)c2ccccc2)c2ccccc2O1. The molecule has 1 aliphatic rings. The summed E-state index contributed by atoms with van der Waals surface area (Å²) in [5.74, 6) is -0.000351. The number of fused-ring (bicyclic) bond motifs is 1. The first kappa shape index (κ1) is 15.4. The van der Waals surface area contributed by atoms with Crippen molar-refractivity contribution in [2.24, 2.45) is 0 Å². The third-order valence-electron chi connectivity index (χ3n) is 3.60. The van der Waals surface area contributed by atoms with Gasteiger partial charge in [0.05, 0.1) is 17.1 Å². The first-order chi connectivity index (χ1) is 11.0. The van der Waals surface area contributed by atoms with E-state index in [4.69, 9.17) is 4.74 Å². The van der Waals surface area contributed by atoms with E-state index in [1.54, 1.807) is 42.5 Å². The van der Waals surface area contributed by atoms with Gasteiger partial charge in [0, 0.05) is 7.05 Å². The van der Waals surface area contributed by atoms with Crippen LogP contribution in [0.2, 0.25) is 0 Å². The average Bonchev–Trinajstić information content (AvgIpc) is 2.60. The maximum atomic E-state index is 12.9. The molecule has 0 fully saturated rings. The Kier molecular flexibility index (Phi) is 3.96. The molecule has 1 aliphatic heterocycles. The van der Waals surface area contributed by atoms with Crippen LogP contribution >= 0.6 is 0 Å². The number of sulfonamides is 1. The lowest BCUT2D eigenvalue weighted by atomic mass is 10.2. The average molecular weight is 332 g/mol. The van der Waals surface area contributed by atoms with Crippen molar-refractivity contribution in [2.45, 2.75) is 11.0 Å². The van der Waals surface area contributed by atoms with E-state index in [0.29, 0.717) is 11.4 Å². The van der Waals surface area contributed by atoms with Gasteiger partial charge < -0.3 is 10.1 Å². The molecule has 3 rings (SSSR count). The Hall–Kier alpha value is -2.54. The van der Waals surface area contributed by atoms with Crippen molar-refractivity contribution in [2.75, 3.05) is 17.9 Å². The highest BCUT2D eigenvalue weighted by Gasteiger charge is 2.36. The lowest BCUT2D eigenvalue weighted by Gasteiger charge is -2.34. The third kappa shape index (κ3) is 2.75. The highest BCUT2D eigenvalue weighted by Crippen LogP contribution is 2.36. The van der Waals surface area contributed by atoms with Crippen molar-refractivity contribution in [1.82, 2.24) is 5.32 Å². The first-order valence-electron chi connectivity index (χ1n) is 7.09. The number of rotatable bonds is 3. The Morgan fingerprint density at radius 2 is 1.78 bits per heavy atom. The molecule has 0 unspecified atom stereocenters. The Morgan fingerprint density at radius 1 is 1.13 bits per heavy atom. The molecule has 6 nitrogen and oxygen atoms in total. The second-order valence-corrected chi connectivity index (χ2v) is 6.90. The van der Waals surface area contributed by atoms with E-state index in [1.807, 2.05) is 0 Å². The zero-order valence-corrected chi connectivity index (χ0v) is 13.3. The molecule has 0 saturated carbocycles. The molecule has 23 heavy (non-hydrogen) atoms. The maximum Gasteiger partial charge on any atom is 0.264 e. The molecule has 0 aliphatic carbocycles. The van der Waals surface area contributed by atoms with Crippen LogP contribution in [0, 0.1) is 0 Å². The van der Waals surface area contributed by atoms with Crippen LogP contribution in [0.5, 0.6) is 5.75 Å². The van der Waals surface area contributed by atoms with E-state index in [0.717, 1.165) is 0 Å². The zero-order chi connectivity index (χ0) is 16.4. The Balaban J connectivity index is 2.08. The summed E-state index contributed by atoms with van der Waals surface area (Å²) in [6.07, 6.45) is -0.895. The third-order valence-corrected chi connectivity index (χ3v) is 5.40. The summed E-state index contributed by atoms with van der Waals surface area (Å²) in [7, 11) is -2.29. The molecule has 2 aromatic carbocycles. The van der Waals surface area contributed by atoms with Crippen molar-refractivity contribution in [3.8, 4) is 5.75 Å². The second kappa shape index (κ2) is 5.92. The minimum Gasteiger partial charge on any atom is -0.476 e. The van der Waals surface area contributed by atoms with E-state index in [-0.39, 0.29) is 17.3 Å². The summed E-state index contributed by atoms with van der Waals surface area (Å²) in [5.41, 5.74) is 0.427. The zero-order valence-electron chi connectivity index (χ0n) is 12.5. The summed E-state index contributed by atoms with van der Waals surface area (Å²) in [6.45, 7) is -0.0755. The number of nitrogens with zero attached hydrogens (tertiary/aromatic N) is 1. The van der Waals surface area contributed by atoms with Gasteiger partial charge in [0.1, 0.15) is 5.75 Å². The van der Waals surface area contributed by atoms with Gasteiger partial charge in [-0.2, -0.15) is 0 Å². The number of carbonyl (C=O) groups is 1. The van der Waals surface area contributed by atoms with Gasteiger partial charge in [-0.15, -0.1) is 0 Å². The molecule has 1 amide bonds. The highest BCUT2D eigenvalue weighted by atomic mass is 32.2. The van der Waals surface area contributed by atoms with Crippen LogP contribution in [-0.4, -0.2) is 34.0 Å². The van der Waals surface area contributed by atoms with Crippen LogP contribution in [0.1, 0.15) is 0 Å². The Labute approximate surface area is 134 Å². The van der Waals surface area contributed by atoms with Crippen molar-refractivity contribution >= 4 is 21.6 Å². The summed E-state index contributed by atoms with van der Waals surface area (Å²) in [5, 5.41) is 2.49. The fraction of sp³-hybridized carbons (Fsp3) is 0.188. The fourth-order valence-corrected chi connectivity index (χ4v) is 3.94. The molecule has 0 aromatic heterocycles. The number of benzene rings is 2. The van der Waals surface area contributed by atoms with Gasteiger partial charge in [0.25, 0.3) is 15.9 Å². The normalized spacial score (nSPS) is 17.1. The number of hydrogen-bond donors (Lipinski definition) is 1. The molecule has 0 saturated heterocycles. The minimum atomic E-state index is -3.78. The van der Waals surface area contributed by atoms with Gasteiger partial charge in [-0.25, -0.2) is 8.42 Å².